The quantitative estimate of drug-likeness (QED) is 0.919. The first kappa shape index (κ1) is 15.6. The number of carbonyl (C=O) groups excluding carboxylic acids is 1. The Hall–Kier alpha value is -2.29. The number of nitrogens with zero attached hydrogens (tertiary/aromatic N) is 1. The van der Waals surface area contributed by atoms with Gasteiger partial charge < -0.3 is 10.2 Å². The van der Waals surface area contributed by atoms with Crippen LogP contribution in [0.1, 0.15) is 24.0 Å². The summed E-state index contributed by atoms with van der Waals surface area (Å²) in [5, 5.41) is 3.11. The van der Waals surface area contributed by atoms with E-state index in [1.165, 1.54) is 17.7 Å². The van der Waals surface area contributed by atoms with Crippen LogP contribution < -0.4 is 10.2 Å². The van der Waals surface area contributed by atoms with Gasteiger partial charge in [-0.25, -0.2) is 0 Å². The second-order valence-corrected chi connectivity index (χ2v) is 6.29. The number of carbonyl (C=O) groups is 1. The minimum atomic E-state index is 0.107. The molecule has 0 unspecified atom stereocenters. The van der Waals surface area contributed by atoms with Gasteiger partial charge >= 0.3 is 0 Å². The lowest BCUT2D eigenvalue weighted by atomic mass is 10.1. The fraction of sp³-hybridized carbons (Fsp3) is 0.350. The second kappa shape index (κ2) is 7.32. The van der Waals surface area contributed by atoms with Crippen LogP contribution in [-0.2, 0) is 11.2 Å². The monoisotopic (exact) mass is 308 g/mol. The van der Waals surface area contributed by atoms with E-state index >= 15 is 0 Å². The van der Waals surface area contributed by atoms with E-state index in [2.05, 4.69) is 53.5 Å². The van der Waals surface area contributed by atoms with Crippen LogP contribution in [0.25, 0.3) is 0 Å². The molecule has 0 spiro atoms. The number of amides is 1. The van der Waals surface area contributed by atoms with Crippen molar-refractivity contribution in [3.8, 4) is 0 Å². The molecule has 2 aromatic rings. The molecule has 23 heavy (non-hydrogen) atoms. The molecule has 1 heterocycles. The lowest BCUT2D eigenvalue weighted by molar-refractivity contribution is -0.120. The maximum atomic E-state index is 12.2. The molecule has 2 aromatic carbocycles. The molecule has 0 saturated carbocycles. The Labute approximate surface area is 138 Å². The van der Waals surface area contributed by atoms with E-state index in [0.717, 1.165) is 25.1 Å². The van der Waals surface area contributed by atoms with Gasteiger partial charge in [-0.2, -0.15) is 0 Å². The molecular formula is C20H24N2O. The summed E-state index contributed by atoms with van der Waals surface area (Å²) >= 11 is 0. The minimum Gasteiger partial charge on any atom is -0.367 e. The van der Waals surface area contributed by atoms with Crippen LogP contribution in [-0.4, -0.2) is 25.0 Å². The van der Waals surface area contributed by atoms with Crippen LogP contribution in [0.4, 0.5) is 5.69 Å². The summed E-state index contributed by atoms with van der Waals surface area (Å²) < 4.78 is 0. The molecule has 0 radical (unpaired) electrons. The fourth-order valence-corrected chi connectivity index (χ4v) is 3.31. The van der Waals surface area contributed by atoms with Crippen molar-refractivity contribution in [2.24, 2.45) is 0 Å². The summed E-state index contributed by atoms with van der Waals surface area (Å²) in [7, 11) is 0. The van der Waals surface area contributed by atoms with E-state index in [0.29, 0.717) is 12.5 Å². The van der Waals surface area contributed by atoms with Crippen molar-refractivity contribution in [2.75, 3.05) is 18.0 Å². The first-order valence-electron chi connectivity index (χ1n) is 8.36. The average Bonchev–Trinajstić information content (AvgIpc) is 3.02. The zero-order valence-corrected chi connectivity index (χ0v) is 13.7. The van der Waals surface area contributed by atoms with Crippen molar-refractivity contribution < 1.29 is 4.79 Å². The SMILES string of the molecule is Cc1cccc(CC(=O)NC[C@H]2CCCN2c2ccccc2)c1. The average molecular weight is 308 g/mol. The molecule has 1 atom stereocenters. The van der Waals surface area contributed by atoms with E-state index in [4.69, 9.17) is 0 Å². The van der Waals surface area contributed by atoms with E-state index in [-0.39, 0.29) is 5.91 Å². The van der Waals surface area contributed by atoms with Gasteiger partial charge in [-0.15, -0.1) is 0 Å². The van der Waals surface area contributed by atoms with Gasteiger partial charge in [-0.05, 0) is 37.5 Å². The molecule has 3 heteroatoms. The maximum Gasteiger partial charge on any atom is 0.224 e. The standard InChI is InChI=1S/C20H24N2O/c1-16-7-5-8-17(13-16)14-20(23)21-15-19-11-6-12-22(19)18-9-3-2-4-10-18/h2-5,7-10,13,19H,6,11-12,14-15H2,1H3,(H,21,23)/t19-/m1/s1. The molecule has 1 N–H and O–H groups in total. The Morgan fingerprint density at radius 2 is 2.00 bits per heavy atom. The largest absolute Gasteiger partial charge is 0.367 e. The Kier molecular flexibility index (Phi) is 4.96. The molecular weight excluding hydrogens is 284 g/mol. The first-order valence-corrected chi connectivity index (χ1v) is 8.36. The fourth-order valence-electron chi connectivity index (χ4n) is 3.31. The lowest BCUT2D eigenvalue weighted by Crippen LogP contribution is -2.40. The Bertz CT molecular complexity index is 654. The zero-order chi connectivity index (χ0) is 16.1. The van der Waals surface area contributed by atoms with E-state index in [9.17, 15) is 4.79 Å². The number of hydrogen-bond donors (Lipinski definition) is 1. The number of rotatable bonds is 5. The highest BCUT2D eigenvalue weighted by Crippen LogP contribution is 2.24. The van der Waals surface area contributed by atoms with Crippen molar-refractivity contribution in [3.05, 3.63) is 65.7 Å². The molecule has 120 valence electrons. The third kappa shape index (κ3) is 4.13. The number of hydrogen-bond acceptors (Lipinski definition) is 2. The zero-order valence-electron chi connectivity index (χ0n) is 13.7. The van der Waals surface area contributed by atoms with Crippen LogP contribution in [0.3, 0.4) is 0 Å². The van der Waals surface area contributed by atoms with Crippen LogP contribution in [0.2, 0.25) is 0 Å². The van der Waals surface area contributed by atoms with Gasteiger partial charge in [0.15, 0.2) is 0 Å². The first-order chi connectivity index (χ1) is 11.2. The normalized spacial score (nSPS) is 17.3. The van der Waals surface area contributed by atoms with Gasteiger partial charge in [0.05, 0.1) is 6.42 Å². The van der Waals surface area contributed by atoms with Crippen molar-refractivity contribution in [1.29, 1.82) is 0 Å². The van der Waals surface area contributed by atoms with Crippen LogP contribution in [0, 0.1) is 6.92 Å². The molecule has 0 aromatic heterocycles. The van der Waals surface area contributed by atoms with Gasteiger partial charge in [-0.1, -0.05) is 48.0 Å². The predicted molar refractivity (Wildman–Crippen MR) is 94.7 cm³/mol. The summed E-state index contributed by atoms with van der Waals surface area (Å²) in [4.78, 5) is 14.6. The topological polar surface area (TPSA) is 32.3 Å². The van der Waals surface area contributed by atoms with Crippen LogP contribution in [0.15, 0.2) is 54.6 Å². The van der Waals surface area contributed by atoms with Gasteiger partial charge in [0.25, 0.3) is 0 Å². The summed E-state index contributed by atoms with van der Waals surface area (Å²) in [5.74, 6) is 0.107. The van der Waals surface area contributed by atoms with Crippen molar-refractivity contribution >= 4 is 11.6 Å². The van der Waals surface area contributed by atoms with Gasteiger partial charge in [0, 0.05) is 24.8 Å². The molecule has 1 aliphatic heterocycles. The molecule has 1 saturated heterocycles. The third-order valence-electron chi connectivity index (χ3n) is 4.45. The number of para-hydroxylation sites is 1. The summed E-state index contributed by atoms with van der Waals surface area (Å²) in [6.07, 6.45) is 2.78. The highest BCUT2D eigenvalue weighted by Gasteiger charge is 2.24. The number of aryl methyl sites for hydroxylation is 1. The molecule has 3 nitrogen and oxygen atoms in total. The number of anilines is 1. The Morgan fingerprint density at radius 1 is 1.17 bits per heavy atom. The molecule has 3 rings (SSSR count). The molecule has 1 fully saturated rings. The molecule has 1 aliphatic rings. The highest BCUT2D eigenvalue weighted by atomic mass is 16.1. The van der Waals surface area contributed by atoms with Crippen molar-refractivity contribution in [2.45, 2.75) is 32.2 Å². The number of benzene rings is 2. The highest BCUT2D eigenvalue weighted by molar-refractivity contribution is 5.78. The molecule has 0 aliphatic carbocycles. The summed E-state index contributed by atoms with van der Waals surface area (Å²) in [5.41, 5.74) is 3.53. The lowest BCUT2D eigenvalue weighted by Gasteiger charge is -2.27. The van der Waals surface area contributed by atoms with E-state index in [1.807, 2.05) is 18.2 Å². The number of nitrogens with one attached hydrogen (secondary N) is 1. The smallest absolute Gasteiger partial charge is 0.224 e. The molecule has 1 amide bonds. The summed E-state index contributed by atoms with van der Waals surface area (Å²) in [6.45, 7) is 3.85. The van der Waals surface area contributed by atoms with Gasteiger partial charge in [0.1, 0.15) is 0 Å². The van der Waals surface area contributed by atoms with Gasteiger partial charge in [-0.3, -0.25) is 4.79 Å². The Balaban J connectivity index is 1.54. The predicted octanol–water partition coefficient (Wildman–Crippen LogP) is 3.32. The van der Waals surface area contributed by atoms with Crippen molar-refractivity contribution in [3.63, 3.8) is 0 Å². The van der Waals surface area contributed by atoms with E-state index < -0.39 is 0 Å². The molecule has 0 bridgehead atoms. The Morgan fingerprint density at radius 3 is 2.78 bits per heavy atom. The van der Waals surface area contributed by atoms with Crippen molar-refractivity contribution in [1.82, 2.24) is 5.32 Å². The van der Waals surface area contributed by atoms with Crippen LogP contribution >= 0.6 is 0 Å². The third-order valence-corrected chi connectivity index (χ3v) is 4.45. The second-order valence-electron chi connectivity index (χ2n) is 6.29. The van der Waals surface area contributed by atoms with E-state index in [1.54, 1.807) is 0 Å². The van der Waals surface area contributed by atoms with Crippen LogP contribution in [0.5, 0.6) is 0 Å². The summed E-state index contributed by atoms with van der Waals surface area (Å²) in [6, 6.07) is 19.0. The van der Waals surface area contributed by atoms with Gasteiger partial charge in [0.2, 0.25) is 5.91 Å². The minimum absolute atomic E-state index is 0.107. The maximum absolute atomic E-state index is 12.2.